The van der Waals surface area contributed by atoms with Gasteiger partial charge in [-0.25, -0.2) is 0 Å². The number of rotatable bonds is 5. The quantitative estimate of drug-likeness (QED) is 0.350. The number of nitrogens with zero attached hydrogens (tertiary/aromatic N) is 1. The highest BCUT2D eigenvalue weighted by Gasteiger charge is 2.46. The summed E-state index contributed by atoms with van der Waals surface area (Å²) >= 11 is 0. The highest BCUT2D eigenvalue weighted by Crippen LogP contribution is 2.58. The summed E-state index contributed by atoms with van der Waals surface area (Å²) < 4.78 is 5.91. The van der Waals surface area contributed by atoms with Crippen LogP contribution in [0.2, 0.25) is 0 Å². The maximum atomic E-state index is 9.42. The van der Waals surface area contributed by atoms with Gasteiger partial charge in [0.05, 0.1) is 17.9 Å². The molecule has 0 saturated carbocycles. The molecule has 5 aromatic rings. The lowest BCUT2D eigenvalue weighted by molar-refractivity contribution is -0.00000659. The second-order valence-electron chi connectivity index (χ2n) is 7.56. The molecule has 4 aromatic carbocycles. The van der Waals surface area contributed by atoms with Crippen molar-refractivity contribution >= 4 is 34.1 Å². The molecule has 0 N–H and O–H groups in total. The Kier molecular flexibility index (Phi) is 6.56. The molecular formula is C28H21BrNOP. The minimum Gasteiger partial charge on any atom is -1.00 e. The van der Waals surface area contributed by atoms with Crippen LogP contribution >= 0.6 is 7.26 Å². The fraction of sp³-hybridized carbons (Fsp3) is 0.0357. The van der Waals surface area contributed by atoms with E-state index in [9.17, 15) is 5.26 Å². The predicted molar refractivity (Wildman–Crippen MR) is 130 cm³/mol. The molecule has 0 saturated heterocycles. The minimum absolute atomic E-state index is 0. The molecule has 1 aromatic heterocycles. The Hall–Kier alpha value is -3.18. The van der Waals surface area contributed by atoms with Crippen molar-refractivity contribution in [2.75, 3.05) is 0 Å². The van der Waals surface area contributed by atoms with Gasteiger partial charge in [-0.15, -0.1) is 0 Å². The van der Waals surface area contributed by atoms with E-state index in [1.807, 2.05) is 24.5 Å². The molecule has 0 radical (unpaired) electrons. The zero-order valence-corrected chi connectivity index (χ0v) is 19.8. The number of benzene rings is 4. The lowest BCUT2D eigenvalue weighted by Gasteiger charge is -2.27. The average Bonchev–Trinajstić information content (AvgIpc) is 3.26. The zero-order valence-electron chi connectivity index (χ0n) is 17.4. The third-order valence-corrected chi connectivity index (χ3v) is 10.1. The van der Waals surface area contributed by atoms with E-state index in [0.717, 1.165) is 22.7 Å². The number of fused-ring (bicyclic) bond motifs is 1. The van der Waals surface area contributed by atoms with Crippen molar-refractivity contribution in [1.29, 1.82) is 5.26 Å². The standard InChI is InChI=1S/C28H21NOP.BrH/c29-19-22-16-17-28-27(18-22)23(20-30-28)21-31(24-10-4-1-5-11-24,25-12-6-2-7-13-25)26-14-8-3-9-15-26;/h1-18,20H,21H2;1H/q+1;/p-1. The molecule has 2 nitrogen and oxygen atoms in total. The van der Waals surface area contributed by atoms with Gasteiger partial charge in [0.1, 0.15) is 34.9 Å². The molecule has 32 heavy (non-hydrogen) atoms. The molecule has 0 unspecified atom stereocenters. The summed E-state index contributed by atoms with van der Waals surface area (Å²) in [6, 6.07) is 40.3. The second kappa shape index (κ2) is 9.53. The predicted octanol–water partition coefficient (Wildman–Crippen LogP) is 2.80. The second-order valence-corrected chi connectivity index (χ2v) is 11.0. The zero-order chi connectivity index (χ0) is 21.1. The highest BCUT2D eigenvalue weighted by molar-refractivity contribution is 7.95. The molecule has 0 atom stereocenters. The lowest BCUT2D eigenvalue weighted by Crippen LogP contribution is -3.00. The summed E-state index contributed by atoms with van der Waals surface area (Å²) in [6.07, 6.45) is 2.70. The maximum absolute atomic E-state index is 9.42. The van der Waals surface area contributed by atoms with Gasteiger partial charge >= 0.3 is 0 Å². The first kappa shape index (κ1) is 22.0. The van der Waals surface area contributed by atoms with Gasteiger partial charge < -0.3 is 21.4 Å². The number of nitriles is 1. The van der Waals surface area contributed by atoms with Gasteiger partial charge in [0, 0.05) is 10.9 Å². The van der Waals surface area contributed by atoms with E-state index in [0.29, 0.717) is 5.56 Å². The van der Waals surface area contributed by atoms with E-state index >= 15 is 0 Å². The molecule has 5 rings (SSSR count). The summed E-state index contributed by atoms with van der Waals surface area (Å²) in [7, 11) is -2.01. The Bertz CT molecular complexity index is 1260. The third kappa shape index (κ3) is 3.89. The van der Waals surface area contributed by atoms with E-state index < -0.39 is 7.26 Å². The van der Waals surface area contributed by atoms with Crippen LogP contribution in [0.15, 0.2) is 120 Å². The number of furan rings is 1. The summed E-state index contributed by atoms with van der Waals surface area (Å²) in [6.45, 7) is 0. The topological polar surface area (TPSA) is 36.9 Å². The first-order valence-corrected chi connectivity index (χ1v) is 12.2. The smallest absolute Gasteiger partial charge is 0.134 e. The SMILES string of the molecule is N#Cc1ccc2occ(C[P+](c3ccccc3)(c3ccccc3)c3ccccc3)c2c1.[Br-]. The van der Waals surface area contributed by atoms with Crippen LogP contribution in [0.3, 0.4) is 0 Å². The average molecular weight is 498 g/mol. The van der Waals surface area contributed by atoms with Gasteiger partial charge in [0.25, 0.3) is 0 Å². The van der Waals surface area contributed by atoms with Gasteiger partial charge in [-0.2, -0.15) is 5.26 Å². The molecule has 0 amide bonds. The van der Waals surface area contributed by atoms with E-state index in [-0.39, 0.29) is 17.0 Å². The Labute approximate surface area is 199 Å². The first-order valence-electron chi connectivity index (χ1n) is 10.3. The van der Waals surface area contributed by atoms with E-state index in [1.54, 1.807) is 0 Å². The van der Waals surface area contributed by atoms with Crippen LogP contribution in [0.4, 0.5) is 0 Å². The Morgan fingerprint density at radius 3 is 1.66 bits per heavy atom. The largest absolute Gasteiger partial charge is 1.00 e. The van der Waals surface area contributed by atoms with Crippen LogP contribution in [0, 0.1) is 11.3 Å². The van der Waals surface area contributed by atoms with E-state index in [1.165, 1.54) is 15.9 Å². The van der Waals surface area contributed by atoms with Crippen LogP contribution in [-0.4, -0.2) is 0 Å². The van der Waals surface area contributed by atoms with E-state index in [4.69, 9.17) is 4.42 Å². The fourth-order valence-electron chi connectivity index (χ4n) is 4.30. The molecule has 0 spiro atoms. The summed E-state index contributed by atoms with van der Waals surface area (Å²) in [5.74, 6) is 0. The molecule has 0 aliphatic rings. The van der Waals surface area contributed by atoms with Crippen LogP contribution in [0.25, 0.3) is 11.0 Å². The highest BCUT2D eigenvalue weighted by atomic mass is 79.9. The van der Waals surface area contributed by atoms with Crippen LogP contribution in [-0.2, 0) is 6.16 Å². The normalized spacial score (nSPS) is 11.0. The number of hydrogen-bond acceptors (Lipinski definition) is 2. The van der Waals surface area contributed by atoms with Crippen molar-refractivity contribution in [3.05, 3.63) is 127 Å². The Morgan fingerprint density at radius 1 is 0.688 bits per heavy atom. The van der Waals surface area contributed by atoms with Gasteiger partial charge in [0.2, 0.25) is 0 Å². The number of hydrogen-bond donors (Lipinski definition) is 0. The van der Waals surface area contributed by atoms with Crippen molar-refractivity contribution in [2.45, 2.75) is 6.16 Å². The van der Waals surface area contributed by atoms with Crippen LogP contribution in [0.5, 0.6) is 0 Å². The molecule has 156 valence electrons. The third-order valence-electron chi connectivity index (χ3n) is 5.78. The van der Waals surface area contributed by atoms with Crippen molar-refractivity contribution < 1.29 is 21.4 Å². The van der Waals surface area contributed by atoms with Crippen LogP contribution < -0.4 is 32.9 Å². The first-order chi connectivity index (χ1) is 15.3. The van der Waals surface area contributed by atoms with Gasteiger partial charge in [-0.1, -0.05) is 54.6 Å². The molecule has 0 aliphatic heterocycles. The molecule has 0 aliphatic carbocycles. The minimum atomic E-state index is -2.01. The Balaban J connectivity index is 0.00000245. The van der Waals surface area contributed by atoms with Crippen molar-refractivity contribution in [3.63, 3.8) is 0 Å². The fourth-order valence-corrected chi connectivity index (χ4v) is 8.54. The maximum Gasteiger partial charge on any atom is 0.134 e. The Morgan fingerprint density at radius 2 is 1.19 bits per heavy atom. The monoisotopic (exact) mass is 497 g/mol. The molecular weight excluding hydrogens is 477 g/mol. The molecule has 0 fully saturated rings. The van der Waals surface area contributed by atoms with Crippen molar-refractivity contribution in [3.8, 4) is 6.07 Å². The summed E-state index contributed by atoms with van der Waals surface area (Å²) in [4.78, 5) is 0. The van der Waals surface area contributed by atoms with Gasteiger partial charge in [0.15, 0.2) is 0 Å². The van der Waals surface area contributed by atoms with Gasteiger partial charge in [-0.3, -0.25) is 0 Å². The molecule has 1 heterocycles. The summed E-state index contributed by atoms with van der Waals surface area (Å²) in [5.41, 5.74) is 2.61. The van der Waals surface area contributed by atoms with Crippen molar-refractivity contribution in [2.24, 2.45) is 0 Å². The van der Waals surface area contributed by atoms with Crippen LogP contribution in [0.1, 0.15) is 11.1 Å². The van der Waals surface area contributed by atoms with Crippen molar-refractivity contribution in [1.82, 2.24) is 0 Å². The lowest BCUT2D eigenvalue weighted by atomic mass is 10.1. The molecule has 0 bridgehead atoms. The van der Waals surface area contributed by atoms with E-state index in [2.05, 4.69) is 97.1 Å². The van der Waals surface area contributed by atoms with Gasteiger partial charge in [-0.05, 0) is 54.6 Å². The molecule has 4 heteroatoms. The summed E-state index contributed by atoms with van der Waals surface area (Å²) in [5, 5.41) is 14.4. The number of halogens is 1.